The van der Waals surface area contributed by atoms with Gasteiger partial charge in [-0.25, -0.2) is 4.98 Å². The molecule has 0 aliphatic heterocycles. The Morgan fingerprint density at radius 1 is 1.26 bits per heavy atom. The summed E-state index contributed by atoms with van der Waals surface area (Å²) < 4.78 is 1.63. The number of hydrogen-bond donors (Lipinski definition) is 0. The number of halogens is 2. The van der Waals surface area contributed by atoms with Crippen LogP contribution in [-0.2, 0) is 6.54 Å². The first kappa shape index (κ1) is 14.1. The lowest BCUT2D eigenvalue weighted by Gasteiger charge is -2.14. The Morgan fingerprint density at radius 2 is 2.00 bits per heavy atom. The van der Waals surface area contributed by atoms with Crippen LogP contribution < -0.4 is 5.56 Å². The maximum Gasteiger partial charge on any atom is 0.255 e. The fraction of sp³-hybridized carbons (Fsp3) is 0.286. The quantitative estimate of drug-likeness (QED) is 0.809. The lowest BCUT2D eigenvalue weighted by Crippen LogP contribution is -2.25. The van der Waals surface area contributed by atoms with E-state index < -0.39 is 0 Å². The summed E-state index contributed by atoms with van der Waals surface area (Å²) in [4.78, 5) is 16.3. The van der Waals surface area contributed by atoms with E-state index in [4.69, 9.17) is 23.2 Å². The molecule has 19 heavy (non-hydrogen) atoms. The minimum atomic E-state index is -0.149. The van der Waals surface area contributed by atoms with Crippen LogP contribution in [0.3, 0.4) is 0 Å². The highest BCUT2D eigenvalue weighted by molar-refractivity contribution is 6.30. The van der Waals surface area contributed by atoms with E-state index in [0.29, 0.717) is 17.4 Å². The molecule has 0 radical (unpaired) electrons. The predicted octanol–water partition coefficient (Wildman–Crippen LogP) is 3.72. The molecule has 5 heteroatoms. The summed E-state index contributed by atoms with van der Waals surface area (Å²) in [5.74, 6) is 0.794. The van der Waals surface area contributed by atoms with E-state index in [1.165, 1.54) is 6.07 Å². The van der Waals surface area contributed by atoms with Crippen LogP contribution in [0.5, 0.6) is 0 Å². The van der Waals surface area contributed by atoms with Gasteiger partial charge in [0.1, 0.15) is 11.0 Å². The topological polar surface area (TPSA) is 34.9 Å². The second-order valence-electron chi connectivity index (χ2n) is 4.65. The molecule has 0 atom stereocenters. The molecule has 0 amide bonds. The van der Waals surface area contributed by atoms with E-state index in [1.54, 1.807) is 10.6 Å². The van der Waals surface area contributed by atoms with Crippen LogP contribution in [0.4, 0.5) is 0 Å². The molecule has 0 aliphatic rings. The third-order valence-corrected chi connectivity index (χ3v) is 3.18. The van der Waals surface area contributed by atoms with E-state index in [9.17, 15) is 4.79 Å². The molecule has 1 heterocycles. The predicted molar refractivity (Wildman–Crippen MR) is 78.2 cm³/mol. The largest absolute Gasteiger partial charge is 0.292 e. The number of rotatable bonds is 3. The van der Waals surface area contributed by atoms with Crippen LogP contribution >= 0.6 is 23.2 Å². The van der Waals surface area contributed by atoms with Gasteiger partial charge in [0.25, 0.3) is 5.56 Å². The van der Waals surface area contributed by atoms with Crippen molar-refractivity contribution in [2.75, 3.05) is 0 Å². The Labute approximate surface area is 121 Å². The molecule has 0 aliphatic carbocycles. The molecule has 0 N–H and O–H groups in total. The summed E-state index contributed by atoms with van der Waals surface area (Å²) >= 11 is 11.8. The first-order valence-corrected chi connectivity index (χ1v) is 6.74. The first-order chi connectivity index (χ1) is 8.97. The molecule has 0 fully saturated rings. The van der Waals surface area contributed by atoms with Crippen LogP contribution in [-0.4, -0.2) is 9.55 Å². The SMILES string of the molecule is CC(C)c1nc(Cl)cc(=O)n1Cc1cccc(Cl)c1. The monoisotopic (exact) mass is 296 g/mol. The van der Waals surface area contributed by atoms with E-state index in [1.807, 2.05) is 32.0 Å². The highest BCUT2D eigenvalue weighted by Gasteiger charge is 2.11. The second-order valence-corrected chi connectivity index (χ2v) is 5.47. The van der Waals surface area contributed by atoms with Gasteiger partial charge in [-0.15, -0.1) is 0 Å². The van der Waals surface area contributed by atoms with Crippen molar-refractivity contribution in [3.05, 3.63) is 62.2 Å². The Kier molecular flexibility index (Phi) is 4.27. The van der Waals surface area contributed by atoms with Gasteiger partial charge in [0, 0.05) is 17.0 Å². The fourth-order valence-electron chi connectivity index (χ4n) is 1.91. The van der Waals surface area contributed by atoms with Gasteiger partial charge in [-0.2, -0.15) is 0 Å². The Bertz CT molecular complexity index is 650. The number of hydrogen-bond acceptors (Lipinski definition) is 2. The zero-order valence-corrected chi connectivity index (χ0v) is 12.2. The Morgan fingerprint density at radius 3 is 2.63 bits per heavy atom. The normalized spacial score (nSPS) is 11.0. The van der Waals surface area contributed by atoms with Crippen LogP contribution in [0.2, 0.25) is 10.2 Å². The molecular formula is C14H14Cl2N2O. The highest BCUT2D eigenvalue weighted by atomic mass is 35.5. The molecule has 0 saturated carbocycles. The molecule has 0 spiro atoms. The van der Waals surface area contributed by atoms with Crippen molar-refractivity contribution < 1.29 is 0 Å². The van der Waals surface area contributed by atoms with Gasteiger partial charge in [0.15, 0.2) is 0 Å². The van der Waals surface area contributed by atoms with Gasteiger partial charge >= 0.3 is 0 Å². The van der Waals surface area contributed by atoms with E-state index >= 15 is 0 Å². The maximum absolute atomic E-state index is 12.1. The molecule has 3 nitrogen and oxygen atoms in total. The van der Waals surface area contributed by atoms with Crippen LogP contribution in [0.1, 0.15) is 31.2 Å². The average molecular weight is 297 g/mol. The van der Waals surface area contributed by atoms with Crippen LogP contribution in [0.15, 0.2) is 35.1 Å². The minimum Gasteiger partial charge on any atom is -0.292 e. The summed E-state index contributed by atoms with van der Waals surface area (Å²) in [6, 6.07) is 8.76. The lowest BCUT2D eigenvalue weighted by molar-refractivity contribution is 0.625. The summed E-state index contributed by atoms with van der Waals surface area (Å²) in [5.41, 5.74) is 0.810. The van der Waals surface area contributed by atoms with Crippen molar-refractivity contribution in [1.29, 1.82) is 0 Å². The van der Waals surface area contributed by atoms with Gasteiger partial charge < -0.3 is 0 Å². The van der Waals surface area contributed by atoms with E-state index in [2.05, 4.69) is 4.98 Å². The van der Waals surface area contributed by atoms with Gasteiger partial charge in [-0.3, -0.25) is 9.36 Å². The third kappa shape index (κ3) is 3.37. The fourth-order valence-corrected chi connectivity index (χ4v) is 2.31. The summed E-state index contributed by atoms with van der Waals surface area (Å²) in [6.45, 7) is 4.40. The summed E-state index contributed by atoms with van der Waals surface area (Å²) in [7, 11) is 0. The highest BCUT2D eigenvalue weighted by Crippen LogP contribution is 2.16. The molecule has 2 rings (SSSR count). The lowest BCUT2D eigenvalue weighted by atomic mass is 10.1. The van der Waals surface area contributed by atoms with Crippen molar-refractivity contribution in [1.82, 2.24) is 9.55 Å². The van der Waals surface area contributed by atoms with Gasteiger partial charge in [-0.1, -0.05) is 49.2 Å². The number of benzene rings is 1. The molecule has 0 unspecified atom stereocenters. The standard InChI is InChI=1S/C14H14Cl2N2O/c1-9(2)14-17-12(16)7-13(19)18(14)8-10-4-3-5-11(15)6-10/h3-7,9H,8H2,1-2H3. The maximum atomic E-state index is 12.1. The number of aromatic nitrogens is 2. The van der Waals surface area contributed by atoms with E-state index in [0.717, 1.165) is 5.56 Å². The molecule has 1 aromatic heterocycles. The minimum absolute atomic E-state index is 0.116. The first-order valence-electron chi connectivity index (χ1n) is 5.99. The summed E-state index contributed by atoms with van der Waals surface area (Å²) in [6.07, 6.45) is 0. The number of nitrogens with zero attached hydrogens (tertiary/aromatic N) is 2. The van der Waals surface area contributed by atoms with E-state index in [-0.39, 0.29) is 16.6 Å². The van der Waals surface area contributed by atoms with Crippen LogP contribution in [0.25, 0.3) is 0 Å². The van der Waals surface area contributed by atoms with Gasteiger partial charge in [0.2, 0.25) is 0 Å². The Balaban J connectivity index is 2.47. The van der Waals surface area contributed by atoms with Crippen molar-refractivity contribution in [2.24, 2.45) is 0 Å². The molecular weight excluding hydrogens is 283 g/mol. The smallest absolute Gasteiger partial charge is 0.255 e. The van der Waals surface area contributed by atoms with Crippen molar-refractivity contribution >= 4 is 23.2 Å². The second kappa shape index (κ2) is 5.76. The zero-order chi connectivity index (χ0) is 14.0. The average Bonchev–Trinajstić information content (AvgIpc) is 2.32. The summed E-state index contributed by atoms with van der Waals surface area (Å²) in [5, 5.41) is 0.884. The molecule has 100 valence electrons. The van der Waals surface area contributed by atoms with Gasteiger partial charge in [-0.05, 0) is 17.7 Å². The van der Waals surface area contributed by atoms with Gasteiger partial charge in [0.05, 0.1) is 6.54 Å². The molecule has 2 aromatic rings. The molecule has 0 saturated heterocycles. The zero-order valence-electron chi connectivity index (χ0n) is 10.7. The molecule has 1 aromatic carbocycles. The third-order valence-electron chi connectivity index (χ3n) is 2.75. The Hall–Kier alpha value is -1.32. The van der Waals surface area contributed by atoms with Crippen molar-refractivity contribution in [3.63, 3.8) is 0 Å². The van der Waals surface area contributed by atoms with Crippen LogP contribution in [0, 0.1) is 0 Å². The molecule has 0 bridgehead atoms. The van der Waals surface area contributed by atoms with Crippen molar-refractivity contribution in [2.45, 2.75) is 26.3 Å². The van der Waals surface area contributed by atoms with Crippen molar-refractivity contribution in [3.8, 4) is 0 Å².